The third kappa shape index (κ3) is 4.52. The topological polar surface area (TPSA) is 76.2 Å². The molecule has 7 heteroatoms. The number of carbonyl (C=O) groups excluding carboxylic acids is 1. The van der Waals surface area contributed by atoms with Crippen molar-refractivity contribution in [1.29, 1.82) is 0 Å². The first-order valence-electron chi connectivity index (χ1n) is 9.51. The number of piperidine rings is 1. The zero-order valence-corrected chi connectivity index (χ0v) is 16.0. The van der Waals surface area contributed by atoms with E-state index < -0.39 is 0 Å². The summed E-state index contributed by atoms with van der Waals surface area (Å²) in [5, 5.41) is 11.4. The number of nitrogens with zero attached hydrogens (tertiary/aromatic N) is 4. The minimum atomic E-state index is -0.169. The van der Waals surface area contributed by atoms with E-state index in [1.165, 1.54) is 32.4 Å². The molecule has 1 saturated heterocycles. The fraction of sp³-hybridized carbons (Fsp3) is 0.632. The van der Waals surface area contributed by atoms with E-state index in [9.17, 15) is 4.79 Å². The predicted molar refractivity (Wildman–Crippen MR) is 99.3 cm³/mol. The molecule has 2 aromatic rings. The normalized spacial score (nSPS) is 15.3. The van der Waals surface area contributed by atoms with Crippen molar-refractivity contribution >= 4 is 5.91 Å². The van der Waals surface area contributed by atoms with Gasteiger partial charge < -0.3 is 14.7 Å². The highest BCUT2D eigenvalue weighted by atomic mass is 16.5. The second-order valence-electron chi connectivity index (χ2n) is 7.16. The van der Waals surface area contributed by atoms with Gasteiger partial charge in [-0.15, -0.1) is 0 Å². The van der Waals surface area contributed by atoms with Crippen LogP contribution < -0.4 is 5.32 Å². The van der Waals surface area contributed by atoms with Crippen molar-refractivity contribution < 1.29 is 9.32 Å². The summed E-state index contributed by atoms with van der Waals surface area (Å²) in [6.07, 6.45) is 4.88. The summed E-state index contributed by atoms with van der Waals surface area (Å²) in [4.78, 5) is 15.0. The molecule has 0 radical (unpaired) electrons. The number of aromatic nitrogens is 3. The third-order valence-corrected chi connectivity index (χ3v) is 5.00. The molecule has 0 atom stereocenters. The van der Waals surface area contributed by atoms with Crippen molar-refractivity contribution in [3.8, 4) is 0 Å². The second kappa shape index (κ2) is 8.49. The van der Waals surface area contributed by atoms with E-state index in [0.717, 1.165) is 29.9 Å². The Morgan fingerprint density at radius 3 is 2.69 bits per heavy atom. The standard InChI is InChI=1S/C19H29N5O2/c1-14-12-15(2)24(21-14)13-17-16(3)26-22-18(17)19(25)20-8-7-11-23-9-5-4-6-10-23/h12H,4-11,13H2,1-3H3,(H,20,25). The van der Waals surface area contributed by atoms with Gasteiger partial charge in [-0.2, -0.15) is 5.10 Å². The second-order valence-corrected chi connectivity index (χ2v) is 7.16. The van der Waals surface area contributed by atoms with Crippen LogP contribution in [0.1, 0.15) is 58.9 Å². The predicted octanol–water partition coefficient (Wildman–Crippen LogP) is 2.45. The van der Waals surface area contributed by atoms with Crippen LogP contribution in [0.5, 0.6) is 0 Å². The maximum atomic E-state index is 12.5. The van der Waals surface area contributed by atoms with E-state index in [-0.39, 0.29) is 5.91 Å². The average molecular weight is 359 g/mol. The number of rotatable bonds is 7. The van der Waals surface area contributed by atoms with E-state index in [0.29, 0.717) is 24.5 Å². The largest absolute Gasteiger partial charge is 0.361 e. The van der Waals surface area contributed by atoms with Crippen molar-refractivity contribution in [2.45, 2.75) is 53.0 Å². The van der Waals surface area contributed by atoms with Crippen molar-refractivity contribution in [3.63, 3.8) is 0 Å². The molecule has 0 unspecified atom stereocenters. The third-order valence-electron chi connectivity index (χ3n) is 5.00. The van der Waals surface area contributed by atoms with Gasteiger partial charge in [-0.1, -0.05) is 11.6 Å². The number of hydrogen-bond acceptors (Lipinski definition) is 5. The van der Waals surface area contributed by atoms with Gasteiger partial charge in [0, 0.05) is 17.8 Å². The van der Waals surface area contributed by atoms with Gasteiger partial charge in [0.05, 0.1) is 12.2 Å². The van der Waals surface area contributed by atoms with Crippen LogP contribution in [0, 0.1) is 20.8 Å². The number of likely N-dealkylation sites (tertiary alicyclic amines) is 1. The molecule has 1 amide bonds. The van der Waals surface area contributed by atoms with E-state index in [4.69, 9.17) is 4.52 Å². The van der Waals surface area contributed by atoms with Crippen LogP contribution in [0.4, 0.5) is 0 Å². The average Bonchev–Trinajstić information content (AvgIpc) is 3.15. The zero-order chi connectivity index (χ0) is 18.5. The van der Waals surface area contributed by atoms with E-state index in [1.54, 1.807) is 0 Å². The van der Waals surface area contributed by atoms with Crippen LogP contribution in [-0.2, 0) is 6.54 Å². The van der Waals surface area contributed by atoms with Gasteiger partial charge in [-0.3, -0.25) is 9.48 Å². The molecule has 26 heavy (non-hydrogen) atoms. The molecule has 3 rings (SSSR count). The zero-order valence-electron chi connectivity index (χ0n) is 16.0. The fourth-order valence-electron chi connectivity index (χ4n) is 3.51. The lowest BCUT2D eigenvalue weighted by molar-refractivity contribution is 0.0941. The molecule has 1 aliphatic rings. The molecular formula is C19H29N5O2. The summed E-state index contributed by atoms with van der Waals surface area (Å²) < 4.78 is 7.15. The lowest BCUT2D eigenvalue weighted by atomic mass is 10.1. The maximum absolute atomic E-state index is 12.5. The minimum Gasteiger partial charge on any atom is -0.361 e. The van der Waals surface area contributed by atoms with Gasteiger partial charge in [0.25, 0.3) is 5.91 Å². The summed E-state index contributed by atoms with van der Waals surface area (Å²) in [6.45, 7) is 10.3. The Bertz CT molecular complexity index is 743. The van der Waals surface area contributed by atoms with E-state index in [2.05, 4.69) is 20.5 Å². The van der Waals surface area contributed by atoms with Crippen LogP contribution in [0.15, 0.2) is 10.6 Å². The van der Waals surface area contributed by atoms with Gasteiger partial charge in [0.1, 0.15) is 5.76 Å². The molecule has 7 nitrogen and oxygen atoms in total. The molecule has 2 aromatic heterocycles. The first-order valence-corrected chi connectivity index (χ1v) is 9.51. The Labute approximate surface area is 154 Å². The summed E-state index contributed by atoms with van der Waals surface area (Å²) in [5.74, 6) is 0.494. The molecule has 0 aliphatic carbocycles. The summed E-state index contributed by atoms with van der Waals surface area (Å²) in [7, 11) is 0. The maximum Gasteiger partial charge on any atom is 0.273 e. The molecule has 1 N–H and O–H groups in total. The molecule has 0 bridgehead atoms. The van der Waals surface area contributed by atoms with Crippen molar-refractivity contribution in [1.82, 2.24) is 25.2 Å². The highest BCUT2D eigenvalue weighted by Crippen LogP contribution is 2.16. The number of carbonyl (C=O) groups is 1. The van der Waals surface area contributed by atoms with E-state index >= 15 is 0 Å². The summed E-state index contributed by atoms with van der Waals surface area (Å²) in [6, 6.07) is 2.02. The van der Waals surface area contributed by atoms with Gasteiger partial charge >= 0.3 is 0 Å². The molecule has 3 heterocycles. The van der Waals surface area contributed by atoms with Gasteiger partial charge in [-0.25, -0.2) is 0 Å². The first kappa shape index (κ1) is 18.6. The van der Waals surface area contributed by atoms with Crippen LogP contribution in [0.25, 0.3) is 0 Å². The van der Waals surface area contributed by atoms with Crippen LogP contribution in [0.2, 0.25) is 0 Å². The number of aryl methyl sites for hydroxylation is 3. The highest BCUT2D eigenvalue weighted by Gasteiger charge is 2.21. The molecule has 0 saturated carbocycles. The lowest BCUT2D eigenvalue weighted by Gasteiger charge is -2.26. The Morgan fingerprint density at radius 2 is 2.00 bits per heavy atom. The molecule has 0 spiro atoms. The Kier molecular flexibility index (Phi) is 6.08. The monoisotopic (exact) mass is 359 g/mol. The minimum absolute atomic E-state index is 0.169. The Morgan fingerprint density at radius 1 is 1.23 bits per heavy atom. The lowest BCUT2D eigenvalue weighted by Crippen LogP contribution is -2.33. The van der Waals surface area contributed by atoms with Gasteiger partial charge in [0.15, 0.2) is 5.69 Å². The van der Waals surface area contributed by atoms with Gasteiger partial charge in [-0.05, 0) is 65.7 Å². The Hall–Kier alpha value is -2.15. The van der Waals surface area contributed by atoms with Crippen molar-refractivity contribution in [2.24, 2.45) is 0 Å². The van der Waals surface area contributed by atoms with Crippen LogP contribution in [0.3, 0.4) is 0 Å². The smallest absolute Gasteiger partial charge is 0.273 e. The highest BCUT2D eigenvalue weighted by molar-refractivity contribution is 5.93. The summed E-state index contributed by atoms with van der Waals surface area (Å²) in [5.41, 5.74) is 3.18. The summed E-state index contributed by atoms with van der Waals surface area (Å²) >= 11 is 0. The van der Waals surface area contributed by atoms with Crippen LogP contribution >= 0.6 is 0 Å². The molecule has 0 aromatic carbocycles. The first-order chi connectivity index (χ1) is 12.5. The van der Waals surface area contributed by atoms with E-state index in [1.807, 2.05) is 31.5 Å². The molecule has 1 aliphatic heterocycles. The van der Waals surface area contributed by atoms with Crippen molar-refractivity contribution in [3.05, 3.63) is 34.5 Å². The fourth-order valence-corrected chi connectivity index (χ4v) is 3.51. The quantitative estimate of drug-likeness (QED) is 0.769. The molecule has 1 fully saturated rings. The SMILES string of the molecule is Cc1cc(C)n(Cc2c(C(=O)NCCCN3CCCCC3)noc2C)n1. The Balaban J connectivity index is 1.55. The molecular weight excluding hydrogens is 330 g/mol. The van der Waals surface area contributed by atoms with Crippen LogP contribution in [-0.4, -0.2) is 51.9 Å². The number of nitrogens with one attached hydrogen (secondary N) is 1. The van der Waals surface area contributed by atoms with Gasteiger partial charge in [0.2, 0.25) is 0 Å². The number of hydrogen-bond donors (Lipinski definition) is 1. The van der Waals surface area contributed by atoms with Crippen molar-refractivity contribution in [2.75, 3.05) is 26.2 Å². The molecule has 142 valence electrons. The number of amides is 1.